The van der Waals surface area contributed by atoms with Crippen molar-refractivity contribution in [1.82, 2.24) is 15.5 Å². The molecule has 1 fully saturated rings. The minimum absolute atomic E-state index is 0.0962. The third-order valence-electron chi connectivity index (χ3n) is 3.55. The summed E-state index contributed by atoms with van der Waals surface area (Å²) in [6, 6.07) is -0.812. The van der Waals surface area contributed by atoms with E-state index in [-0.39, 0.29) is 18.5 Å². The van der Waals surface area contributed by atoms with Crippen molar-refractivity contribution in [1.29, 1.82) is 0 Å². The molecule has 0 spiro atoms. The lowest BCUT2D eigenvalue weighted by Gasteiger charge is -2.24. The maximum Gasteiger partial charge on any atom is 0.318 e. The summed E-state index contributed by atoms with van der Waals surface area (Å²) in [6.07, 6.45) is 2.69. The van der Waals surface area contributed by atoms with Gasteiger partial charge in [-0.1, -0.05) is 13.3 Å². The maximum atomic E-state index is 12.0. The average molecular weight is 285 g/mol. The fraction of sp³-hybridized carbons (Fsp3) is 0.769. The van der Waals surface area contributed by atoms with Gasteiger partial charge in [-0.2, -0.15) is 0 Å². The second kappa shape index (κ2) is 7.72. The molecule has 0 aromatic carbocycles. The number of amides is 3. The van der Waals surface area contributed by atoms with E-state index in [4.69, 9.17) is 5.11 Å². The third kappa shape index (κ3) is 4.11. The van der Waals surface area contributed by atoms with E-state index in [0.717, 1.165) is 12.8 Å². The van der Waals surface area contributed by atoms with Gasteiger partial charge in [0, 0.05) is 20.1 Å². The van der Waals surface area contributed by atoms with E-state index in [2.05, 4.69) is 10.6 Å². The Morgan fingerprint density at radius 1 is 1.40 bits per heavy atom. The molecule has 0 saturated carbocycles. The Balaban J connectivity index is 2.53. The minimum atomic E-state index is -0.906. The number of likely N-dealkylation sites (tertiary alicyclic amines) is 1. The number of likely N-dealkylation sites (N-methyl/N-ethyl adjacent to an activating group) is 1. The van der Waals surface area contributed by atoms with E-state index in [1.807, 2.05) is 6.92 Å². The zero-order valence-corrected chi connectivity index (χ0v) is 12.0. The molecule has 7 nitrogen and oxygen atoms in total. The molecule has 0 aromatic heterocycles. The van der Waals surface area contributed by atoms with Crippen LogP contribution in [-0.2, 0) is 9.59 Å². The van der Waals surface area contributed by atoms with Crippen LogP contribution in [0.2, 0.25) is 0 Å². The molecule has 1 rings (SSSR count). The smallest absolute Gasteiger partial charge is 0.318 e. The molecule has 1 heterocycles. The molecule has 1 aliphatic heterocycles. The SMILES string of the molecule is CCCC(CNC(=O)N1CCCC1C(=O)NC)C(=O)O. The fourth-order valence-electron chi connectivity index (χ4n) is 2.42. The Kier molecular flexibility index (Phi) is 6.27. The second-order valence-corrected chi connectivity index (χ2v) is 4.98. The van der Waals surface area contributed by atoms with E-state index >= 15 is 0 Å². The van der Waals surface area contributed by atoms with Gasteiger partial charge in [-0.25, -0.2) is 4.79 Å². The van der Waals surface area contributed by atoms with Crippen LogP contribution in [0.3, 0.4) is 0 Å². The zero-order valence-electron chi connectivity index (χ0n) is 12.0. The van der Waals surface area contributed by atoms with Crippen molar-refractivity contribution in [2.24, 2.45) is 5.92 Å². The Morgan fingerprint density at radius 2 is 2.10 bits per heavy atom. The number of rotatable bonds is 6. The van der Waals surface area contributed by atoms with Gasteiger partial charge in [-0.3, -0.25) is 9.59 Å². The first-order valence-electron chi connectivity index (χ1n) is 7.00. The number of carbonyl (C=O) groups excluding carboxylic acids is 2. The summed E-state index contributed by atoms with van der Waals surface area (Å²) in [5, 5.41) is 14.2. The summed E-state index contributed by atoms with van der Waals surface area (Å²) in [7, 11) is 1.54. The first-order chi connectivity index (χ1) is 9.51. The Hall–Kier alpha value is -1.79. The van der Waals surface area contributed by atoms with Gasteiger partial charge in [-0.15, -0.1) is 0 Å². The quantitative estimate of drug-likeness (QED) is 0.658. The highest BCUT2D eigenvalue weighted by atomic mass is 16.4. The molecule has 3 amide bonds. The number of carboxylic acids is 1. The van der Waals surface area contributed by atoms with Gasteiger partial charge in [0.05, 0.1) is 5.92 Å². The number of carbonyl (C=O) groups is 3. The van der Waals surface area contributed by atoms with Crippen LogP contribution in [0.4, 0.5) is 4.79 Å². The summed E-state index contributed by atoms with van der Waals surface area (Å²) in [6.45, 7) is 2.52. The lowest BCUT2D eigenvalue weighted by Crippen LogP contribution is -2.50. The first kappa shape index (κ1) is 16.3. The van der Waals surface area contributed by atoms with Gasteiger partial charge < -0.3 is 20.6 Å². The molecule has 7 heteroatoms. The zero-order chi connectivity index (χ0) is 15.1. The maximum absolute atomic E-state index is 12.0. The van der Waals surface area contributed by atoms with Gasteiger partial charge in [0.15, 0.2) is 0 Å². The number of carboxylic acid groups (broad SMARTS) is 1. The van der Waals surface area contributed by atoms with Crippen LogP contribution in [0, 0.1) is 5.92 Å². The van der Waals surface area contributed by atoms with Gasteiger partial charge in [0.25, 0.3) is 0 Å². The monoisotopic (exact) mass is 285 g/mol. The Morgan fingerprint density at radius 3 is 2.65 bits per heavy atom. The Bertz CT molecular complexity index is 373. The largest absolute Gasteiger partial charge is 0.481 e. The lowest BCUT2D eigenvalue weighted by atomic mass is 10.0. The molecule has 0 radical (unpaired) electrons. The van der Waals surface area contributed by atoms with Crippen LogP contribution in [0.1, 0.15) is 32.6 Å². The molecule has 0 bridgehead atoms. The topological polar surface area (TPSA) is 98.7 Å². The number of hydrogen-bond donors (Lipinski definition) is 3. The molecule has 2 atom stereocenters. The highest BCUT2D eigenvalue weighted by molar-refractivity contribution is 5.87. The van der Waals surface area contributed by atoms with Crippen molar-refractivity contribution in [2.75, 3.05) is 20.1 Å². The Labute approximate surface area is 118 Å². The van der Waals surface area contributed by atoms with Crippen LogP contribution in [0.5, 0.6) is 0 Å². The summed E-state index contributed by atoms with van der Waals surface area (Å²) in [5.74, 6) is -1.66. The number of nitrogens with zero attached hydrogens (tertiary/aromatic N) is 1. The van der Waals surface area contributed by atoms with Crippen LogP contribution in [0.15, 0.2) is 0 Å². The van der Waals surface area contributed by atoms with Gasteiger partial charge in [0.1, 0.15) is 6.04 Å². The molecular weight excluding hydrogens is 262 g/mol. The highest BCUT2D eigenvalue weighted by Gasteiger charge is 2.33. The molecule has 1 saturated heterocycles. The normalized spacial score (nSPS) is 19.5. The van der Waals surface area contributed by atoms with Crippen LogP contribution >= 0.6 is 0 Å². The van der Waals surface area contributed by atoms with E-state index < -0.39 is 17.9 Å². The van der Waals surface area contributed by atoms with Crippen molar-refractivity contribution in [3.8, 4) is 0 Å². The summed E-state index contributed by atoms with van der Waals surface area (Å²) < 4.78 is 0. The molecule has 0 aromatic rings. The lowest BCUT2D eigenvalue weighted by molar-refractivity contribution is -0.141. The minimum Gasteiger partial charge on any atom is -0.481 e. The number of hydrogen-bond acceptors (Lipinski definition) is 3. The van der Waals surface area contributed by atoms with Crippen LogP contribution in [0.25, 0.3) is 0 Å². The average Bonchev–Trinajstić information content (AvgIpc) is 2.91. The van der Waals surface area contributed by atoms with E-state index in [0.29, 0.717) is 19.4 Å². The summed E-state index contributed by atoms with van der Waals surface area (Å²) >= 11 is 0. The molecule has 114 valence electrons. The summed E-state index contributed by atoms with van der Waals surface area (Å²) in [5.41, 5.74) is 0. The van der Waals surface area contributed by atoms with E-state index in [9.17, 15) is 14.4 Å². The predicted octanol–water partition coefficient (Wildman–Crippen LogP) is 0.407. The third-order valence-corrected chi connectivity index (χ3v) is 3.55. The van der Waals surface area contributed by atoms with E-state index in [1.165, 1.54) is 4.90 Å². The van der Waals surface area contributed by atoms with Crippen LogP contribution in [-0.4, -0.2) is 54.1 Å². The predicted molar refractivity (Wildman–Crippen MR) is 73.2 cm³/mol. The van der Waals surface area contributed by atoms with Crippen molar-refractivity contribution in [2.45, 2.75) is 38.6 Å². The van der Waals surface area contributed by atoms with Gasteiger partial charge in [0.2, 0.25) is 5.91 Å². The fourth-order valence-corrected chi connectivity index (χ4v) is 2.42. The number of urea groups is 1. The highest BCUT2D eigenvalue weighted by Crippen LogP contribution is 2.17. The summed E-state index contributed by atoms with van der Waals surface area (Å²) in [4.78, 5) is 36.2. The van der Waals surface area contributed by atoms with Crippen molar-refractivity contribution >= 4 is 17.9 Å². The molecule has 1 aliphatic rings. The number of aliphatic carboxylic acids is 1. The molecule has 0 aliphatic carbocycles. The molecular formula is C13H23N3O4. The standard InChI is InChI=1S/C13H23N3O4/c1-3-5-9(12(18)19)8-15-13(20)16-7-4-6-10(16)11(17)14-2/h9-10H,3-8H2,1-2H3,(H,14,17)(H,15,20)(H,18,19). The molecule has 20 heavy (non-hydrogen) atoms. The van der Waals surface area contributed by atoms with Crippen molar-refractivity contribution in [3.63, 3.8) is 0 Å². The van der Waals surface area contributed by atoms with Crippen molar-refractivity contribution in [3.05, 3.63) is 0 Å². The van der Waals surface area contributed by atoms with Crippen molar-refractivity contribution < 1.29 is 19.5 Å². The molecule has 2 unspecified atom stereocenters. The van der Waals surface area contributed by atoms with Gasteiger partial charge in [-0.05, 0) is 19.3 Å². The van der Waals surface area contributed by atoms with Gasteiger partial charge >= 0.3 is 12.0 Å². The van der Waals surface area contributed by atoms with E-state index in [1.54, 1.807) is 7.05 Å². The number of nitrogens with one attached hydrogen (secondary N) is 2. The molecule has 3 N–H and O–H groups in total. The second-order valence-electron chi connectivity index (χ2n) is 4.98. The van der Waals surface area contributed by atoms with Crippen LogP contribution < -0.4 is 10.6 Å². The first-order valence-corrected chi connectivity index (χ1v) is 7.00.